The Morgan fingerprint density at radius 1 is 1.33 bits per heavy atom. The van der Waals surface area contributed by atoms with Crippen LogP contribution in [-0.4, -0.2) is 18.0 Å². The van der Waals surface area contributed by atoms with Crippen molar-refractivity contribution in [3.05, 3.63) is 28.7 Å². The minimum atomic E-state index is -0.0128. The van der Waals surface area contributed by atoms with Crippen molar-refractivity contribution >= 4 is 27.5 Å². The second-order valence-electron chi connectivity index (χ2n) is 4.68. The molecule has 18 heavy (non-hydrogen) atoms. The van der Waals surface area contributed by atoms with E-state index in [1.54, 1.807) is 0 Å². The standard InChI is InChI=1S/C14H21BrN2O/c1-4-14(3,5-2)16-10-13(18)17-12-8-6-7-11(15)9-12/h6-9,16H,4-5,10H2,1-3H3,(H,17,18). The zero-order valence-electron chi connectivity index (χ0n) is 11.2. The van der Waals surface area contributed by atoms with Crippen LogP contribution in [0.1, 0.15) is 33.6 Å². The molecule has 0 saturated carbocycles. The molecule has 0 radical (unpaired) electrons. The van der Waals surface area contributed by atoms with Crippen molar-refractivity contribution < 1.29 is 4.79 Å². The normalized spacial score (nSPS) is 11.3. The van der Waals surface area contributed by atoms with Crippen LogP contribution in [0.2, 0.25) is 0 Å². The summed E-state index contributed by atoms with van der Waals surface area (Å²) in [6.07, 6.45) is 2.02. The molecule has 0 saturated heterocycles. The van der Waals surface area contributed by atoms with Crippen LogP contribution in [0.15, 0.2) is 28.7 Å². The summed E-state index contributed by atoms with van der Waals surface area (Å²) in [6, 6.07) is 7.59. The van der Waals surface area contributed by atoms with Gasteiger partial charge < -0.3 is 10.6 Å². The first kappa shape index (κ1) is 15.2. The monoisotopic (exact) mass is 312 g/mol. The van der Waals surface area contributed by atoms with Crippen molar-refractivity contribution in [2.45, 2.75) is 39.2 Å². The van der Waals surface area contributed by atoms with Crippen molar-refractivity contribution in [2.75, 3.05) is 11.9 Å². The highest BCUT2D eigenvalue weighted by Gasteiger charge is 2.19. The molecule has 0 aliphatic rings. The van der Waals surface area contributed by atoms with Crippen LogP contribution in [0.3, 0.4) is 0 Å². The van der Waals surface area contributed by atoms with Gasteiger partial charge in [-0.3, -0.25) is 4.79 Å². The maximum absolute atomic E-state index is 11.8. The third-order valence-corrected chi connectivity index (χ3v) is 3.84. The summed E-state index contributed by atoms with van der Waals surface area (Å²) in [5.74, 6) is -0.0128. The van der Waals surface area contributed by atoms with Gasteiger partial charge in [-0.1, -0.05) is 35.8 Å². The third kappa shape index (κ3) is 4.78. The van der Waals surface area contributed by atoms with E-state index in [-0.39, 0.29) is 11.4 Å². The molecule has 0 unspecified atom stereocenters. The minimum absolute atomic E-state index is 0.0128. The van der Waals surface area contributed by atoms with Crippen LogP contribution in [0.5, 0.6) is 0 Å². The molecule has 100 valence electrons. The van der Waals surface area contributed by atoms with Crippen LogP contribution in [-0.2, 0) is 4.79 Å². The lowest BCUT2D eigenvalue weighted by Crippen LogP contribution is -2.45. The second-order valence-corrected chi connectivity index (χ2v) is 5.60. The van der Waals surface area contributed by atoms with Gasteiger partial charge in [0.2, 0.25) is 5.91 Å². The zero-order valence-corrected chi connectivity index (χ0v) is 12.8. The van der Waals surface area contributed by atoms with Gasteiger partial charge in [-0.15, -0.1) is 0 Å². The predicted octanol–water partition coefficient (Wildman–Crippen LogP) is 3.56. The molecule has 0 bridgehead atoms. The summed E-state index contributed by atoms with van der Waals surface area (Å²) in [7, 11) is 0. The fourth-order valence-corrected chi connectivity index (χ4v) is 1.96. The van der Waals surface area contributed by atoms with Crippen molar-refractivity contribution in [3.63, 3.8) is 0 Å². The number of hydrogen-bond donors (Lipinski definition) is 2. The number of amides is 1. The van der Waals surface area contributed by atoms with E-state index in [1.807, 2.05) is 24.3 Å². The fraction of sp³-hybridized carbons (Fsp3) is 0.500. The van der Waals surface area contributed by atoms with Gasteiger partial charge in [0.25, 0.3) is 0 Å². The second kappa shape index (κ2) is 6.90. The summed E-state index contributed by atoms with van der Waals surface area (Å²) < 4.78 is 0.959. The number of carbonyl (C=O) groups is 1. The fourth-order valence-electron chi connectivity index (χ4n) is 1.57. The Labute approximate surface area is 117 Å². The van der Waals surface area contributed by atoms with Crippen molar-refractivity contribution in [2.24, 2.45) is 0 Å². The average molecular weight is 313 g/mol. The zero-order chi connectivity index (χ0) is 13.6. The van der Waals surface area contributed by atoms with Gasteiger partial charge in [0, 0.05) is 15.7 Å². The molecule has 0 spiro atoms. The summed E-state index contributed by atoms with van der Waals surface area (Å²) in [5, 5.41) is 6.18. The molecule has 0 aliphatic heterocycles. The number of nitrogens with one attached hydrogen (secondary N) is 2. The van der Waals surface area contributed by atoms with E-state index < -0.39 is 0 Å². The quantitative estimate of drug-likeness (QED) is 0.843. The maximum atomic E-state index is 11.8. The van der Waals surface area contributed by atoms with Crippen LogP contribution < -0.4 is 10.6 Å². The number of anilines is 1. The molecule has 1 rings (SSSR count). The average Bonchev–Trinajstić information content (AvgIpc) is 2.36. The summed E-state index contributed by atoms with van der Waals surface area (Å²) in [5.41, 5.74) is 0.847. The van der Waals surface area contributed by atoms with E-state index in [4.69, 9.17) is 0 Å². The first-order chi connectivity index (χ1) is 8.49. The minimum Gasteiger partial charge on any atom is -0.325 e. The summed E-state index contributed by atoms with van der Waals surface area (Å²) in [6.45, 7) is 6.73. The van der Waals surface area contributed by atoms with Crippen LogP contribution in [0.25, 0.3) is 0 Å². The number of halogens is 1. The molecule has 1 amide bonds. The number of hydrogen-bond acceptors (Lipinski definition) is 2. The number of rotatable bonds is 6. The van der Waals surface area contributed by atoms with Crippen molar-refractivity contribution in [3.8, 4) is 0 Å². The number of carbonyl (C=O) groups excluding carboxylic acids is 1. The maximum Gasteiger partial charge on any atom is 0.238 e. The van der Waals surface area contributed by atoms with Gasteiger partial charge in [0.1, 0.15) is 0 Å². The lowest BCUT2D eigenvalue weighted by atomic mass is 9.96. The SMILES string of the molecule is CCC(C)(CC)NCC(=O)Nc1cccc(Br)c1. The van der Waals surface area contributed by atoms with E-state index in [0.717, 1.165) is 23.0 Å². The topological polar surface area (TPSA) is 41.1 Å². The van der Waals surface area contributed by atoms with Gasteiger partial charge in [0.05, 0.1) is 6.54 Å². The first-order valence-corrected chi connectivity index (χ1v) is 7.09. The molecule has 0 atom stereocenters. The van der Waals surface area contributed by atoms with Crippen LogP contribution in [0, 0.1) is 0 Å². The highest BCUT2D eigenvalue weighted by atomic mass is 79.9. The van der Waals surface area contributed by atoms with E-state index >= 15 is 0 Å². The lowest BCUT2D eigenvalue weighted by Gasteiger charge is -2.28. The van der Waals surface area contributed by atoms with E-state index in [1.165, 1.54) is 0 Å². The van der Waals surface area contributed by atoms with Crippen molar-refractivity contribution in [1.82, 2.24) is 5.32 Å². The van der Waals surface area contributed by atoms with Crippen LogP contribution >= 0.6 is 15.9 Å². The van der Waals surface area contributed by atoms with E-state index in [9.17, 15) is 4.79 Å². The molecular weight excluding hydrogens is 292 g/mol. The molecule has 1 aromatic carbocycles. The van der Waals surface area contributed by atoms with Crippen LogP contribution in [0.4, 0.5) is 5.69 Å². The Balaban J connectivity index is 2.47. The largest absolute Gasteiger partial charge is 0.325 e. The molecule has 1 aromatic rings. The number of benzene rings is 1. The van der Waals surface area contributed by atoms with Gasteiger partial charge >= 0.3 is 0 Å². The highest BCUT2D eigenvalue weighted by Crippen LogP contribution is 2.16. The Morgan fingerprint density at radius 2 is 2.00 bits per heavy atom. The molecule has 3 nitrogen and oxygen atoms in total. The Kier molecular flexibility index (Phi) is 5.82. The van der Waals surface area contributed by atoms with E-state index in [2.05, 4.69) is 47.3 Å². The predicted molar refractivity (Wildman–Crippen MR) is 79.8 cm³/mol. The molecular formula is C14H21BrN2O. The van der Waals surface area contributed by atoms with E-state index in [0.29, 0.717) is 6.54 Å². The smallest absolute Gasteiger partial charge is 0.238 e. The van der Waals surface area contributed by atoms with Gasteiger partial charge in [0.15, 0.2) is 0 Å². The van der Waals surface area contributed by atoms with Gasteiger partial charge in [-0.05, 0) is 38.0 Å². The molecule has 4 heteroatoms. The summed E-state index contributed by atoms with van der Waals surface area (Å²) >= 11 is 3.38. The molecule has 0 fully saturated rings. The third-order valence-electron chi connectivity index (χ3n) is 3.34. The Hall–Kier alpha value is -0.870. The highest BCUT2D eigenvalue weighted by molar-refractivity contribution is 9.10. The molecule has 2 N–H and O–H groups in total. The first-order valence-electron chi connectivity index (χ1n) is 6.29. The Bertz CT molecular complexity index is 403. The van der Waals surface area contributed by atoms with Gasteiger partial charge in [-0.25, -0.2) is 0 Å². The van der Waals surface area contributed by atoms with Gasteiger partial charge in [-0.2, -0.15) is 0 Å². The lowest BCUT2D eigenvalue weighted by molar-refractivity contribution is -0.115. The van der Waals surface area contributed by atoms with Crippen molar-refractivity contribution in [1.29, 1.82) is 0 Å². The molecule has 0 heterocycles. The summed E-state index contributed by atoms with van der Waals surface area (Å²) in [4.78, 5) is 11.8. The molecule has 0 aromatic heterocycles. The molecule has 0 aliphatic carbocycles. The Morgan fingerprint density at radius 3 is 2.56 bits per heavy atom.